The molecule has 2 aromatic rings. The number of aromatic nitrogens is 2. The third-order valence-corrected chi connectivity index (χ3v) is 2.40. The molecular formula is C12H12FN3O. The molecule has 0 atom stereocenters. The lowest BCUT2D eigenvalue weighted by Gasteiger charge is -2.07. The van der Waals surface area contributed by atoms with Crippen LogP contribution in [-0.4, -0.2) is 17.1 Å². The Balaban J connectivity index is 2.50. The zero-order valence-electron chi connectivity index (χ0n) is 9.57. The number of anilines is 1. The fourth-order valence-electron chi connectivity index (χ4n) is 1.54. The highest BCUT2D eigenvalue weighted by Gasteiger charge is 2.09. The number of methoxy groups -OCH3 is 1. The average molecular weight is 233 g/mol. The molecule has 0 aliphatic carbocycles. The van der Waals surface area contributed by atoms with Crippen molar-refractivity contribution in [3.63, 3.8) is 0 Å². The Morgan fingerprint density at radius 3 is 2.71 bits per heavy atom. The van der Waals surface area contributed by atoms with Gasteiger partial charge >= 0.3 is 0 Å². The lowest BCUT2D eigenvalue weighted by molar-refractivity contribution is 0.386. The fraction of sp³-hybridized carbons (Fsp3) is 0.167. The Morgan fingerprint density at radius 2 is 2.12 bits per heavy atom. The van der Waals surface area contributed by atoms with Crippen LogP contribution in [0.5, 0.6) is 5.75 Å². The van der Waals surface area contributed by atoms with Crippen LogP contribution in [0.2, 0.25) is 0 Å². The van der Waals surface area contributed by atoms with Crippen molar-refractivity contribution in [2.75, 3.05) is 12.8 Å². The first-order valence-electron chi connectivity index (χ1n) is 5.05. The summed E-state index contributed by atoms with van der Waals surface area (Å²) in [4.78, 5) is 8.08. The molecule has 0 saturated carbocycles. The molecule has 0 unspecified atom stereocenters. The van der Waals surface area contributed by atoms with Crippen LogP contribution in [0.1, 0.15) is 5.82 Å². The standard InChI is InChI=1S/C12H12FN3O/c1-7-15-6-9(12(14)16-7)8-3-4-11(17-2)10(13)5-8/h3-6H,1-2H3,(H2,14,15,16). The van der Waals surface area contributed by atoms with Crippen LogP contribution in [0.15, 0.2) is 24.4 Å². The van der Waals surface area contributed by atoms with Crippen LogP contribution < -0.4 is 10.5 Å². The van der Waals surface area contributed by atoms with Gasteiger partial charge in [0.15, 0.2) is 11.6 Å². The van der Waals surface area contributed by atoms with Crippen LogP contribution in [0.3, 0.4) is 0 Å². The number of rotatable bonds is 2. The van der Waals surface area contributed by atoms with Crippen molar-refractivity contribution in [1.82, 2.24) is 9.97 Å². The largest absolute Gasteiger partial charge is 0.494 e. The van der Waals surface area contributed by atoms with Gasteiger partial charge in [-0.3, -0.25) is 0 Å². The Morgan fingerprint density at radius 1 is 1.35 bits per heavy atom. The second kappa shape index (κ2) is 4.37. The molecule has 0 bridgehead atoms. The van der Waals surface area contributed by atoms with Crippen molar-refractivity contribution in [1.29, 1.82) is 0 Å². The molecule has 0 fully saturated rings. The molecule has 17 heavy (non-hydrogen) atoms. The van der Waals surface area contributed by atoms with E-state index < -0.39 is 5.82 Å². The molecule has 0 spiro atoms. The fourth-order valence-corrected chi connectivity index (χ4v) is 1.54. The van der Waals surface area contributed by atoms with Crippen molar-refractivity contribution in [3.05, 3.63) is 36.0 Å². The number of halogens is 1. The first kappa shape index (κ1) is 11.3. The summed E-state index contributed by atoms with van der Waals surface area (Å²) in [7, 11) is 1.42. The molecule has 2 N–H and O–H groups in total. The van der Waals surface area contributed by atoms with Gasteiger partial charge in [0.05, 0.1) is 7.11 Å². The minimum atomic E-state index is -0.440. The Kier molecular flexibility index (Phi) is 2.91. The van der Waals surface area contributed by atoms with Crippen LogP contribution in [0.4, 0.5) is 10.2 Å². The maximum Gasteiger partial charge on any atom is 0.165 e. The van der Waals surface area contributed by atoms with Gasteiger partial charge in [-0.15, -0.1) is 0 Å². The molecule has 5 heteroatoms. The monoisotopic (exact) mass is 233 g/mol. The van der Waals surface area contributed by atoms with Crippen LogP contribution in [-0.2, 0) is 0 Å². The molecule has 0 saturated heterocycles. The van der Waals surface area contributed by atoms with Crippen molar-refractivity contribution >= 4 is 5.82 Å². The number of hydrogen-bond donors (Lipinski definition) is 1. The predicted octanol–water partition coefficient (Wildman–Crippen LogP) is 2.18. The lowest BCUT2D eigenvalue weighted by atomic mass is 10.1. The van der Waals surface area contributed by atoms with E-state index in [9.17, 15) is 4.39 Å². The van der Waals surface area contributed by atoms with Gasteiger partial charge in [0.1, 0.15) is 11.6 Å². The van der Waals surface area contributed by atoms with Gasteiger partial charge in [0, 0.05) is 11.8 Å². The normalized spacial score (nSPS) is 10.3. The van der Waals surface area contributed by atoms with Crippen molar-refractivity contribution in [3.8, 4) is 16.9 Å². The van der Waals surface area contributed by atoms with E-state index in [-0.39, 0.29) is 5.75 Å². The summed E-state index contributed by atoms with van der Waals surface area (Å²) >= 11 is 0. The van der Waals surface area contributed by atoms with Gasteiger partial charge in [-0.1, -0.05) is 6.07 Å². The summed E-state index contributed by atoms with van der Waals surface area (Å²) in [6.07, 6.45) is 1.58. The minimum absolute atomic E-state index is 0.195. The summed E-state index contributed by atoms with van der Waals surface area (Å²) in [6, 6.07) is 4.61. The molecule has 1 aromatic heterocycles. The summed E-state index contributed by atoms with van der Waals surface area (Å²) in [6.45, 7) is 1.74. The minimum Gasteiger partial charge on any atom is -0.494 e. The highest BCUT2D eigenvalue weighted by Crippen LogP contribution is 2.27. The molecule has 88 valence electrons. The van der Waals surface area contributed by atoms with Gasteiger partial charge in [0.2, 0.25) is 0 Å². The highest BCUT2D eigenvalue weighted by molar-refractivity contribution is 5.73. The first-order valence-corrected chi connectivity index (χ1v) is 5.05. The summed E-state index contributed by atoms with van der Waals surface area (Å²) in [5.74, 6) is 0.674. The maximum atomic E-state index is 13.5. The smallest absolute Gasteiger partial charge is 0.165 e. The summed E-state index contributed by atoms with van der Waals surface area (Å²) in [5.41, 5.74) is 7.00. The third kappa shape index (κ3) is 2.18. The van der Waals surface area contributed by atoms with Gasteiger partial charge in [0.25, 0.3) is 0 Å². The molecule has 4 nitrogen and oxygen atoms in total. The number of ether oxygens (including phenoxy) is 1. The number of benzene rings is 1. The Hall–Kier alpha value is -2.17. The van der Waals surface area contributed by atoms with E-state index in [1.54, 1.807) is 25.3 Å². The number of nitrogens with two attached hydrogens (primary N) is 1. The SMILES string of the molecule is COc1ccc(-c2cnc(C)nc2N)cc1F. The van der Waals surface area contributed by atoms with Gasteiger partial charge in [-0.2, -0.15) is 0 Å². The van der Waals surface area contributed by atoms with E-state index in [2.05, 4.69) is 9.97 Å². The van der Waals surface area contributed by atoms with E-state index in [4.69, 9.17) is 10.5 Å². The average Bonchev–Trinajstić information content (AvgIpc) is 2.29. The van der Waals surface area contributed by atoms with E-state index in [1.807, 2.05) is 0 Å². The van der Waals surface area contributed by atoms with Crippen LogP contribution in [0.25, 0.3) is 11.1 Å². The third-order valence-electron chi connectivity index (χ3n) is 2.40. The van der Waals surface area contributed by atoms with Crippen molar-refractivity contribution in [2.24, 2.45) is 0 Å². The molecule has 1 aromatic carbocycles. The Labute approximate surface area is 98.3 Å². The molecular weight excluding hydrogens is 221 g/mol. The number of hydrogen-bond acceptors (Lipinski definition) is 4. The quantitative estimate of drug-likeness (QED) is 0.863. The predicted molar refractivity (Wildman–Crippen MR) is 63.1 cm³/mol. The molecule has 0 aliphatic heterocycles. The van der Waals surface area contributed by atoms with E-state index >= 15 is 0 Å². The van der Waals surface area contributed by atoms with Gasteiger partial charge in [-0.05, 0) is 24.6 Å². The summed E-state index contributed by atoms with van der Waals surface area (Å²) < 4.78 is 18.4. The van der Waals surface area contributed by atoms with E-state index in [1.165, 1.54) is 13.2 Å². The summed E-state index contributed by atoms with van der Waals surface area (Å²) in [5, 5.41) is 0. The van der Waals surface area contributed by atoms with E-state index in [0.29, 0.717) is 22.8 Å². The second-order valence-electron chi connectivity index (χ2n) is 3.57. The van der Waals surface area contributed by atoms with Gasteiger partial charge < -0.3 is 10.5 Å². The number of aryl methyl sites for hydroxylation is 1. The topological polar surface area (TPSA) is 61.0 Å². The van der Waals surface area contributed by atoms with Crippen molar-refractivity contribution < 1.29 is 9.13 Å². The van der Waals surface area contributed by atoms with Crippen LogP contribution >= 0.6 is 0 Å². The highest BCUT2D eigenvalue weighted by atomic mass is 19.1. The zero-order chi connectivity index (χ0) is 12.4. The number of nitrogen functional groups attached to an aromatic ring is 1. The first-order chi connectivity index (χ1) is 8.11. The second-order valence-corrected chi connectivity index (χ2v) is 3.57. The van der Waals surface area contributed by atoms with Crippen LogP contribution in [0, 0.1) is 12.7 Å². The zero-order valence-corrected chi connectivity index (χ0v) is 9.57. The van der Waals surface area contributed by atoms with Crippen molar-refractivity contribution in [2.45, 2.75) is 6.92 Å². The lowest BCUT2D eigenvalue weighted by Crippen LogP contribution is -1.98. The molecule has 0 amide bonds. The maximum absolute atomic E-state index is 13.5. The van der Waals surface area contributed by atoms with Gasteiger partial charge in [-0.25, -0.2) is 14.4 Å². The number of nitrogens with zero attached hydrogens (tertiary/aromatic N) is 2. The molecule has 1 heterocycles. The molecule has 2 rings (SSSR count). The molecule has 0 radical (unpaired) electrons. The molecule has 0 aliphatic rings. The Bertz CT molecular complexity index is 557. The van der Waals surface area contributed by atoms with E-state index in [0.717, 1.165) is 0 Å².